The Morgan fingerprint density at radius 3 is 2.61 bits per heavy atom. The van der Waals surface area contributed by atoms with Crippen molar-refractivity contribution in [3.8, 4) is 5.69 Å². The van der Waals surface area contributed by atoms with Crippen LogP contribution in [-0.4, -0.2) is 51.3 Å². The van der Waals surface area contributed by atoms with Crippen molar-refractivity contribution in [3.05, 3.63) is 48.3 Å². The lowest BCUT2D eigenvalue weighted by molar-refractivity contribution is 0.0448. The van der Waals surface area contributed by atoms with Gasteiger partial charge in [-0.3, -0.25) is 9.80 Å². The Balaban J connectivity index is 1.71. The van der Waals surface area contributed by atoms with Gasteiger partial charge >= 0.3 is 0 Å². The third-order valence-corrected chi connectivity index (χ3v) is 4.85. The van der Waals surface area contributed by atoms with E-state index < -0.39 is 0 Å². The van der Waals surface area contributed by atoms with E-state index >= 15 is 0 Å². The number of hydrogen-bond donors (Lipinski definition) is 0. The Bertz CT molecular complexity index is 605. The van der Waals surface area contributed by atoms with E-state index in [2.05, 4.69) is 70.7 Å². The number of hydrogen-bond acceptors (Lipinski definition) is 3. The standard InChI is InChI=1S/C19H28N4/c1-4-17-14-21(12-13-22(17)16(2)3)15-19-10-11-20-23(19)18-8-6-5-7-9-18/h5-11,16-17H,4,12-15H2,1-3H3/t17-/m1/s1. The lowest BCUT2D eigenvalue weighted by Crippen LogP contribution is -2.54. The Hall–Kier alpha value is -1.65. The number of benzene rings is 1. The zero-order chi connectivity index (χ0) is 16.2. The largest absolute Gasteiger partial charge is 0.295 e. The van der Waals surface area contributed by atoms with E-state index in [4.69, 9.17) is 0 Å². The van der Waals surface area contributed by atoms with Crippen molar-refractivity contribution in [2.24, 2.45) is 0 Å². The molecule has 0 saturated carbocycles. The maximum absolute atomic E-state index is 4.51. The molecule has 4 heteroatoms. The highest BCUT2D eigenvalue weighted by molar-refractivity contribution is 5.32. The van der Waals surface area contributed by atoms with Crippen LogP contribution in [0, 0.1) is 0 Å². The quantitative estimate of drug-likeness (QED) is 0.847. The molecule has 23 heavy (non-hydrogen) atoms. The van der Waals surface area contributed by atoms with Gasteiger partial charge in [-0.2, -0.15) is 5.10 Å². The van der Waals surface area contributed by atoms with Crippen LogP contribution in [0.2, 0.25) is 0 Å². The van der Waals surface area contributed by atoms with E-state index in [-0.39, 0.29) is 0 Å². The zero-order valence-corrected chi connectivity index (χ0v) is 14.5. The molecule has 0 bridgehead atoms. The fourth-order valence-corrected chi connectivity index (χ4v) is 3.60. The predicted octanol–water partition coefficient (Wildman–Crippen LogP) is 3.18. The van der Waals surface area contributed by atoms with Gasteiger partial charge in [0.2, 0.25) is 0 Å². The maximum Gasteiger partial charge on any atom is 0.0649 e. The van der Waals surface area contributed by atoms with Crippen molar-refractivity contribution in [3.63, 3.8) is 0 Å². The summed E-state index contributed by atoms with van der Waals surface area (Å²) in [5.74, 6) is 0. The Labute approximate surface area is 139 Å². The van der Waals surface area contributed by atoms with Gasteiger partial charge in [-0.1, -0.05) is 25.1 Å². The molecule has 1 fully saturated rings. The van der Waals surface area contributed by atoms with E-state index in [1.807, 2.05) is 12.3 Å². The van der Waals surface area contributed by atoms with Crippen molar-refractivity contribution in [1.82, 2.24) is 19.6 Å². The van der Waals surface area contributed by atoms with Crippen LogP contribution < -0.4 is 0 Å². The van der Waals surface area contributed by atoms with Crippen molar-refractivity contribution in [2.75, 3.05) is 19.6 Å². The lowest BCUT2D eigenvalue weighted by Gasteiger charge is -2.43. The maximum atomic E-state index is 4.51. The molecule has 124 valence electrons. The number of rotatable bonds is 5. The van der Waals surface area contributed by atoms with Gasteiger partial charge in [0.05, 0.1) is 11.4 Å². The third kappa shape index (κ3) is 3.65. The van der Waals surface area contributed by atoms with E-state index in [0.717, 1.165) is 31.9 Å². The predicted molar refractivity (Wildman–Crippen MR) is 94.8 cm³/mol. The number of para-hydroxylation sites is 1. The van der Waals surface area contributed by atoms with E-state index in [1.165, 1.54) is 12.1 Å². The Morgan fingerprint density at radius 1 is 1.13 bits per heavy atom. The highest BCUT2D eigenvalue weighted by Crippen LogP contribution is 2.19. The molecule has 4 nitrogen and oxygen atoms in total. The first-order chi connectivity index (χ1) is 11.2. The topological polar surface area (TPSA) is 24.3 Å². The highest BCUT2D eigenvalue weighted by atomic mass is 15.3. The summed E-state index contributed by atoms with van der Waals surface area (Å²) in [6, 6.07) is 13.8. The van der Waals surface area contributed by atoms with Crippen LogP contribution in [0.3, 0.4) is 0 Å². The minimum atomic E-state index is 0.636. The smallest absolute Gasteiger partial charge is 0.0649 e. The fourth-order valence-electron chi connectivity index (χ4n) is 3.60. The molecule has 2 heterocycles. The Morgan fingerprint density at radius 2 is 1.91 bits per heavy atom. The molecule has 1 atom stereocenters. The molecule has 0 aliphatic carbocycles. The molecule has 1 aliphatic heterocycles. The van der Waals surface area contributed by atoms with Crippen LogP contribution in [0.5, 0.6) is 0 Å². The first-order valence-corrected chi connectivity index (χ1v) is 8.75. The van der Waals surface area contributed by atoms with Crippen LogP contribution in [-0.2, 0) is 6.54 Å². The summed E-state index contributed by atoms with van der Waals surface area (Å²) in [6.45, 7) is 11.3. The summed E-state index contributed by atoms with van der Waals surface area (Å²) in [7, 11) is 0. The van der Waals surface area contributed by atoms with Gasteiger partial charge in [0.1, 0.15) is 0 Å². The molecule has 0 spiro atoms. The molecule has 1 aromatic carbocycles. The molecular formula is C19H28N4. The second-order valence-corrected chi connectivity index (χ2v) is 6.70. The number of piperazine rings is 1. The van der Waals surface area contributed by atoms with E-state index in [9.17, 15) is 0 Å². The number of aromatic nitrogens is 2. The molecule has 3 rings (SSSR count). The summed E-state index contributed by atoms with van der Waals surface area (Å²) < 4.78 is 2.07. The van der Waals surface area contributed by atoms with Crippen LogP contribution in [0.25, 0.3) is 5.69 Å². The van der Waals surface area contributed by atoms with Gasteiger partial charge in [0, 0.05) is 44.5 Å². The van der Waals surface area contributed by atoms with Gasteiger partial charge in [-0.25, -0.2) is 4.68 Å². The van der Waals surface area contributed by atoms with Crippen LogP contribution in [0.1, 0.15) is 32.9 Å². The van der Waals surface area contributed by atoms with Crippen LogP contribution in [0.4, 0.5) is 0 Å². The van der Waals surface area contributed by atoms with Crippen LogP contribution in [0.15, 0.2) is 42.6 Å². The van der Waals surface area contributed by atoms with Gasteiger partial charge in [0.25, 0.3) is 0 Å². The molecule has 1 saturated heterocycles. The second kappa shape index (κ2) is 7.28. The first-order valence-electron chi connectivity index (χ1n) is 8.75. The van der Waals surface area contributed by atoms with Gasteiger partial charge in [-0.15, -0.1) is 0 Å². The zero-order valence-electron chi connectivity index (χ0n) is 14.5. The summed E-state index contributed by atoms with van der Waals surface area (Å²) in [5.41, 5.74) is 2.41. The van der Waals surface area contributed by atoms with Crippen molar-refractivity contribution in [1.29, 1.82) is 0 Å². The van der Waals surface area contributed by atoms with Crippen molar-refractivity contribution < 1.29 is 0 Å². The molecule has 1 aromatic heterocycles. The lowest BCUT2D eigenvalue weighted by atomic mass is 10.1. The molecule has 0 radical (unpaired) electrons. The molecule has 0 N–H and O–H groups in total. The van der Waals surface area contributed by atoms with Gasteiger partial charge < -0.3 is 0 Å². The summed E-state index contributed by atoms with van der Waals surface area (Å²) in [6.07, 6.45) is 3.12. The van der Waals surface area contributed by atoms with E-state index in [0.29, 0.717) is 12.1 Å². The van der Waals surface area contributed by atoms with Crippen molar-refractivity contribution >= 4 is 0 Å². The molecule has 0 unspecified atom stereocenters. The minimum absolute atomic E-state index is 0.636. The average Bonchev–Trinajstić information content (AvgIpc) is 3.03. The normalized spacial score (nSPS) is 20.3. The second-order valence-electron chi connectivity index (χ2n) is 6.70. The molecular weight excluding hydrogens is 284 g/mol. The van der Waals surface area contributed by atoms with Gasteiger partial charge in [-0.05, 0) is 38.5 Å². The highest BCUT2D eigenvalue weighted by Gasteiger charge is 2.27. The van der Waals surface area contributed by atoms with E-state index in [1.54, 1.807) is 0 Å². The van der Waals surface area contributed by atoms with Crippen LogP contribution >= 0.6 is 0 Å². The first kappa shape index (κ1) is 16.2. The molecule has 0 amide bonds. The monoisotopic (exact) mass is 312 g/mol. The number of nitrogens with zero attached hydrogens (tertiary/aromatic N) is 4. The average molecular weight is 312 g/mol. The molecule has 1 aliphatic rings. The van der Waals surface area contributed by atoms with Crippen molar-refractivity contribution in [2.45, 2.75) is 45.8 Å². The SMILES string of the molecule is CC[C@@H]1CN(Cc2ccnn2-c2ccccc2)CCN1C(C)C. The Kier molecular flexibility index (Phi) is 5.13. The third-order valence-electron chi connectivity index (χ3n) is 4.85. The molecule has 2 aromatic rings. The van der Waals surface area contributed by atoms with Gasteiger partial charge in [0.15, 0.2) is 0 Å². The summed E-state index contributed by atoms with van der Waals surface area (Å²) >= 11 is 0. The summed E-state index contributed by atoms with van der Waals surface area (Å²) in [5, 5.41) is 4.51. The fraction of sp³-hybridized carbons (Fsp3) is 0.526. The summed E-state index contributed by atoms with van der Waals surface area (Å²) in [4.78, 5) is 5.22. The minimum Gasteiger partial charge on any atom is -0.295 e.